The molecule has 21 heavy (non-hydrogen) atoms. The number of thiophene rings is 1. The average Bonchev–Trinajstić information content (AvgIpc) is 2.98. The van der Waals surface area contributed by atoms with Crippen LogP contribution < -0.4 is 10.5 Å². The van der Waals surface area contributed by atoms with Crippen LogP contribution in [-0.2, 0) is 4.84 Å². The number of oxime groups is 1. The fraction of sp³-hybridized carbons (Fsp3) is 0.0769. The highest BCUT2D eigenvalue weighted by Crippen LogP contribution is 2.17. The van der Waals surface area contributed by atoms with E-state index in [-0.39, 0.29) is 17.1 Å². The van der Waals surface area contributed by atoms with E-state index in [4.69, 9.17) is 5.73 Å². The van der Waals surface area contributed by atoms with Gasteiger partial charge < -0.3 is 15.3 Å². The molecule has 0 saturated heterocycles. The molecule has 2 aromatic rings. The van der Waals surface area contributed by atoms with Gasteiger partial charge in [0.1, 0.15) is 5.75 Å². The van der Waals surface area contributed by atoms with E-state index in [0.717, 1.165) is 6.07 Å². The molecular formula is C13H10F2N2O3S. The highest BCUT2D eigenvalue weighted by atomic mass is 32.1. The number of alkyl halides is 2. The first-order chi connectivity index (χ1) is 10.1. The Hall–Kier alpha value is -2.48. The first kappa shape index (κ1) is 14.9. The molecule has 1 aromatic heterocycles. The number of rotatable bonds is 5. The molecule has 2 rings (SSSR count). The molecule has 2 N–H and O–H groups in total. The fourth-order valence-corrected chi connectivity index (χ4v) is 2.03. The summed E-state index contributed by atoms with van der Waals surface area (Å²) in [6.07, 6.45) is 0. The minimum atomic E-state index is -2.97. The van der Waals surface area contributed by atoms with Crippen LogP contribution in [0.25, 0.3) is 0 Å². The van der Waals surface area contributed by atoms with Crippen LogP contribution in [0.3, 0.4) is 0 Å². The fourth-order valence-electron chi connectivity index (χ4n) is 1.41. The molecule has 0 aliphatic carbocycles. The number of carbonyl (C=O) groups is 1. The third-order valence-corrected chi connectivity index (χ3v) is 3.19. The molecule has 0 radical (unpaired) electrons. The summed E-state index contributed by atoms with van der Waals surface area (Å²) in [5.41, 5.74) is 5.64. The Labute approximate surface area is 122 Å². The number of amidine groups is 1. The molecule has 1 aromatic carbocycles. The van der Waals surface area contributed by atoms with Crippen LogP contribution in [0, 0.1) is 0 Å². The number of benzene rings is 1. The maximum Gasteiger partial charge on any atom is 0.387 e. The molecule has 0 aliphatic rings. The predicted octanol–water partition coefficient (Wildman–Crippen LogP) is 2.83. The van der Waals surface area contributed by atoms with Crippen molar-refractivity contribution in [3.05, 3.63) is 52.2 Å². The monoisotopic (exact) mass is 312 g/mol. The second-order valence-electron chi connectivity index (χ2n) is 3.74. The normalized spacial score (nSPS) is 11.5. The number of halogens is 2. The summed E-state index contributed by atoms with van der Waals surface area (Å²) >= 11 is 1.34. The maximum atomic E-state index is 12.1. The van der Waals surface area contributed by atoms with E-state index < -0.39 is 12.6 Å². The van der Waals surface area contributed by atoms with Crippen LogP contribution in [-0.4, -0.2) is 18.4 Å². The minimum Gasteiger partial charge on any atom is -0.435 e. The lowest BCUT2D eigenvalue weighted by atomic mass is 10.2. The Balaban J connectivity index is 2.05. The lowest BCUT2D eigenvalue weighted by molar-refractivity contribution is -0.0499. The third kappa shape index (κ3) is 4.25. The largest absolute Gasteiger partial charge is 0.435 e. The van der Waals surface area contributed by atoms with Gasteiger partial charge in [-0.25, -0.2) is 4.79 Å². The highest BCUT2D eigenvalue weighted by Gasteiger charge is 2.11. The van der Waals surface area contributed by atoms with Gasteiger partial charge in [-0.1, -0.05) is 17.3 Å². The van der Waals surface area contributed by atoms with Crippen LogP contribution in [0.2, 0.25) is 0 Å². The van der Waals surface area contributed by atoms with Crippen molar-refractivity contribution >= 4 is 23.1 Å². The molecule has 1 heterocycles. The van der Waals surface area contributed by atoms with Crippen molar-refractivity contribution in [1.82, 2.24) is 0 Å². The topological polar surface area (TPSA) is 73.9 Å². The van der Waals surface area contributed by atoms with E-state index in [1.807, 2.05) is 0 Å². The first-order valence-electron chi connectivity index (χ1n) is 5.70. The Morgan fingerprint density at radius 1 is 1.29 bits per heavy atom. The molecule has 0 amide bonds. The van der Waals surface area contributed by atoms with Gasteiger partial charge in [-0.2, -0.15) is 8.78 Å². The molecule has 8 heteroatoms. The van der Waals surface area contributed by atoms with Crippen molar-refractivity contribution in [3.63, 3.8) is 0 Å². The number of nitrogens with zero attached hydrogens (tertiary/aromatic N) is 1. The summed E-state index contributed by atoms with van der Waals surface area (Å²) in [4.78, 5) is 17.0. The second kappa shape index (κ2) is 6.80. The van der Waals surface area contributed by atoms with Gasteiger partial charge >= 0.3 is 12.6 Å². The summed E-state index contributed by atoms with van der Waals surface area (Å²) in [6, 6.07) is 8.69. The lowest BCUT2D eigenvalue weighted by Gasteiger charge is -2.05. The first-order valence-corrected chi connectivity index (χ1v) is 6.58. The molecule has 0 atom stereocenters. The zero-order valence-electron chi connectivity index (χ0n) is 10.5. The summed E-state index contributed by atoms with van der Waals surface area (Å²) in [6.45, 7) is -2.97. The van der Waals surface area contributed by atoms with Crippen LogP contribution >= 0.6 is 11.3 Å². The van der Waals surface area contributed by atoms with Crippen molar-refractivity contribution in [2.75, 3.05) is 0 Å². The number of nitrogens with two attached hydrogens (primary N) is 1. The van der Waals surface area contributed by atoms with Gasteiger partial charge in [-0.3, -0.25) is 0 Å². The maximum absolute atomic E-state index is 12.1. The molecular weight excluding hydrogens is 302 g/mol. The Morgan fingerprint density at radius 2 is 2.10 bits per heavy atom. The summed E-state index contributed by atoms with van der Waals surface area (Å²) in [5.74, 6) is -0.915. The molecule has 0 spiro atoms. The van der Waals surface area contributed by atoms with Crippen molar-refractivity contribution < 1.29 is 23.1 Å². The standard InChI is InChI=1S/C13H10F2N2O3S/c14-13(15)19-9-4-1-3-8(7-9)12(18)20-17-11(16)10-5-2-6-21-10/h1-7,13H,(H2,16,17). The number of carbonyl (C=O) groups excluding carboxylic acids is 1. The molecule has 0 aliphatic heterocycles. The Bertz CT molecular complexity index is 645. The van der Waals surface area contributed by atoms with E-state index in [1.165, 1.54) is 29.5 Å². The van der Waals surface area contributed by atoms with Gasteiger partial charge in [0.05, 0.1) is 10.4 Å². The highest BCUT2D eigenvalue weighted by molar-refractivity contribution is 7.12. The van der Waals surface area contributed by atoms with Gasteiger partial charge in [0, 0.05) is 0 Å². The number of hydrogen-bond donors (Lipinski definition) is 1. The van der Waals surface area contributed by atoms with Crippen molar-refractivity contribution in [1.29, 1.82) is 0 Å². The quantitative estimate of drug-likeness (QED) is 0.399. The smallest absolute Gasteiger partial charge is 0.387 e. The van der Waals surface area contributed by atoms with Gasteiger partial charge in [0.15, 0.2) is 5.84 Å². The van der Waals surface area contributed by atoms with Crippen molar-refractivity contribution in [3.8, 4) is 5.75 Å². The van der Waals surface area contributed by atoms with Crippen LogP contribution in [0.4, 0.5) is 8.78 Å². The van der Waals surface area contributed by atoms with Crippen LogP contribution in [0.15, 0.2) is 46.9 Å². The van der Waals surface area contributed by atoms with Gasteiger partial charge in [-0.15, -0.1) is 11.3 Å². The second-order valence-corrected chi connectivity index (χ2v) is 4.69. The molecule has 0 fully saturated rings. The van der Waals surface area contributed by atoms with E-state index in [2.05, 4.69) is 14.7 Å². The summed E-state index contributed by atoms with van der Waals surface area (Å²) < 4.78 is 28.4. The molecule has 0 bridgehead atoms. The SMILES string of the molecule is N/C(=N\OC(=O)c1cccc(OC(F)F)c1)c1cccs1. The number of ether oxygens (including phenoxy) is 1. The lowest BCUT2D eigenvalue weighted by Crippen LogP contribution is -2.13. The van der Waals surface area contributed by atoms with Crippen LogP contribution in [0.1, 0.15) is 15.2 Å². The summed E-state index contributed by atoms with van der Waals surface area (Å²) in [7, 11) is 0. The summed E-state index contributed by atoms with van der Waals surface area (Å²) in [5, 5.41) is 5.30. The van der Waals surface area contributed by atoms with Crippen molar-refractivity contribution in [2.45, 2.75) is 6.61 Å². The molecule has 5 nitrogen and oxygen atoms in total. The van der Waals surface area contributed by atoms with E-state index >= 15 is 0 Å². The van der Waals surface area contributed by atoms with Gasteiger partial charge in [0.2, 0.25) is 0 Å². The van der Waals surface area contributed by atoms with Gasteiger partial charge in [-0.05, 0) is 29.6 Å². The Morgan fingerprint density at radius 3 is 2.76 bits per heavy atom. The molecule has 0 unspecified atom stereocenters. The van der Waals surface area contributed by atoms with E-state index in [1.54, 1.807) is 17.5 Å². The predicted molar refractivity (Wildman–Crippen MR) is 73.5 cm³/mol. The van der Waals surface area contributed by atoms with Crippen LogP contribution in [0.5, 0.6) is 5.75 Å². The zero-order valence-corrected chi connectivity index (χ0v) is 11.3. The van der Waals surface area contributed by atoms with E-state index in [0.29, 0.717) is 4.88 Å². The van der Waals surface area contributed by atoms with Gasteiger partial charge in [0.25, 0.3) is 0 Å². The average molecular weight is 312 g/mol. The van der Waals surface area contributed by atoms with Crippen molar-refractivity contribution in [2.24, 2.45) is 10.9 Å². The number of hydrogen-bond acceptors (Lipinski definition) is 5. The Kier molecular flexibility index (Phi) is 4.83. The minimum absolute atomic E-state index is 0.0240. The van der Waals surface area contributed by atoms with E-state index in [9.17, 15) is 13.6 Å². The molecule has 0 saturated carbocycles. The zero-order chi connectivity index (χ0) is 15.2. The molecule has 110 valence electrons. The third-order valence-electron chi connectivity index (χ3n) is 2.30.